The molecule has 0 spiro atoms. The number of carbonyl (C=O) groups excluding carboxylic acids is 3. The highest BCUT2D eigenvalue weighted by atomic mass is 16.5. The predicted octanol–water partition coefficient (Wildman–Crippen LogP) is 2.87. The third-order valence-electron chi connectivity index (χ3n) is 6.58. The van der Waals surface area contributed by atoms with Gasteiger partial charge in [0.15, 0.2) is 5.54 Å². The number of carbonyl (C=O) groups is 3. The zero-order chi connectivity index (χ0) is 28.5. The molecule has 1 atom stereocenters. The first kappa shape index (κ1) is 28.4. The average molecular weight is 548 g/mol. The fourth-order valence-electron chi connectivity index (χ4n) is 4.48. The number of nitrogens with zero attached hydrogens (tertiary/aromatic N) is 3. The van der Waals surface area contributed by atoms with Gasteiger partial charge in [-0.15, -0.1) is 0 Å². The van der Waals surface area contributed by atoms with Gasteiger partial charge in [-0.2, -0.15) is 0 Å². The van der Waals surface area contributed by atoms with Crippen LogP contribution in [0.4, 0.5) is 10.6 Å². The van der Waals surface area contributed by atoms with E-state index in [-0.39, 0.29) is 13.1 Å². The topological polar surface area (TPSA) is 122 Å². The van der Waals surface area contributed by atoms with Gasteiger partial charge in [-0.1, -0.05) is 24.8 Å². The summed E-state index contributed by atoms with van der Waals surface area (Å²) in [5.74, 6) is 2.02. The highest BCUT2D eigenvalue weighted by molar-refractivity contribution is 6.07. The molecule has 0 saturated carbocycles. The van der Waals surface area contributed by atoms with E-state index in [0.717, 1.165) is 18.9 Å². The number of hydrogen-bond donors (Lipinski definition) is 2. The Morgan fingerprint density at radius 1 is 1.15 bits per heavy atom. The maximum absolute atomic E-state index is 13.0. The van der Waals surface area contributed by atoms with Crippen molar-refractivity contribution in [1.29, 1.82) is 0 Å². The van der Waals surface area contributed by atoms with Crippen molar-refractivity contribution in [3.8, 4) is 11.5 Å². The normalized spacial score (nSPS) is 19.2. The first-order valence-electron chi connectivity index (χ1n) is 12.8. The van der Waals surface area contributed by atoms with Crippen molar-refractivity contribution in [2.45, 2.75) is 12.5 Å². The molecule has 1 aromatic heterocycles. The number of pyridine rings is 1. The summed E-state index contributed by atoms with van der Waals surface area (Å²) in [7, 11) is 1.56. The van der Waals surface area contributed by atoms with Crippen LogP contribution in [0.3, 0.4) is 0 Å². The average Bonchev–Trinajstić information content (AvgIpc) is 3.27. The van der Waals surface area contributed by atoms with E-state index in [2.05, 4.69) is 27.1 Å². The van der Waals surface area contributed by atoms with Gasteiger partial charge in [0.05, 0.1) is 33.1 Å². The molecular formula is C29H33N5O6. The van der Waals surface area contributed by atoms with Gasteiger partial charge < -0.3 is 29.3 Å². The first-order chi connectivity index (χ1) is 19.4. The van der Waals surface area contributed by atoms with E-state index in [9.17, 15) is 14.4 Å². The monoisotopic (exact) mass is 547 g/mol. The Morgan fingerprint density at radius 2 is 1.88 bits per heavy atom. The minimum atomic E-state index is -1.48. The number of ether oxygens (including phenoxy) is 3. The van der Waals surface area contributed by atoms with E-state index in [0.29, 0.717) is 48.0 Å². The second-order valence-corrected chi connectivity index (χ2v) is 9.29. The Morgan fingerprint density at radius 3 is 2.45 bits per heavy atom. The molecule has 210 valence electrons. The maximum atomic E-state index is 13.0. The summed E-state index contributed by atoms with van der Waals surface area (Å²) in [6.07, 6.45) is 7.52. The number of rotatable bonds is 12. The smallest absolute Gasteiger partial charge is 0.322 e. The number of allylic oxidation sites excluding steroid dienone is 2. The van der Waals surface area contributed by atoms with E-state index < -0.39 is 17.5 Å². The summed E-state index contributed by atoms with van der Waals surface area (Å²) in [4.78, 5) is 45.2. The van der Waals surface area contributed by atoms with Gasteiger partial charge in [0, 0.05) is 19.6 Å². The number of aromatic nitrogens is 1. The Hall–Kier alpha value is -4.64. The van der Waals surface area contributed by atoms with Crippen LogP contribution in [-0.2, 0) is 24.6 Å². The molecule has 40 heavy (non-hydrogen) atoms. The quantitative estimate of drug-likeness (QED) is 0.180. The second-order valence-electron chi connectivity index (χ2n) is 9.29. The van der Waals surface area contributed by atoms with Crippen molar-refractivity contribution < 1.29 is 28.6 Å². The lowest BCUT2D eigenvalue weighted by atomic mass is 9.89. The van der Waals surface area contributed by atoms with Crippen molar-refractivity contribution in [3.05, 3.63) is 84.3 Å². The van der Waals surface area contributed by atoms with Gasteiger partial charge in [-0.05, 0) is 54.5 Å². The molecule has 11 heteroatoms. The lowest BCUT2D eigenvalue weighted by molar-refractivity contribution is -0.126. The molecule has 2 aromatic rings. The van der Waals surface area contributed by atoms with Crippen molar-refractivity contribution in [2.75, 3.05) is 51.4 Å². The van der Waals surface area contributed by atoms with Crippen LogP contribution in [0.25, 0.3) is 0 Å². The highest BCUT2D eigenvalue weighted by Crippen LogP contribution is 2.30. The van der Waals surface area contributed by atoms with Crippen molar-refractivity contribution >= 4 is 24.2 Å². The van der Waals surface area contributed by atoms with Crippen LogP contribution in [0.5, 0.6) is 11.5 Å². The summed E-state index contributed by atoms with van der Waals surface area (Å²) in [6, 6.07) is 9.86. The van der Waals surface area contributed by atoms with Crippen LogP contribution in [0.15, 0.2) is 78.7 Å². The van der Waals surface area contributed by atoms with E-state index in [4.69, 9.17) is 14.2 Å². The molecule has 4 amide bonds. The minimum Gasteiger partial charge on any atom is -0.497 e. The third-order valence-corrected chi connectivity index (χ3v) is 6.58. The largest absolute Gasteiger partial charge is 0.497 e. The summed E-state index contributed by atoms with van der Waals surface area (Å²) in [6.45, 7) is 8.79. The van der Waals surface area contributed by atoms with Gasteiger partial charge in [-0.3, -0.25) is 14.9 Å². The molecule has 0 unspecified atom stereocenters. The summed E-state index contributed by atoms with van der Waals surface area (Å²) in [5, 5.41) is 4.99. The lowest BCUT2D eigenvalue weighted by Gasteiger charge is -2.31. The number of imide groups is 1. The Labute approximate surface area is 233 Å². The fourth-order valence-corrected chi connectivity index (χ4v) is 4.48. The first-order valence-corrected chi connectivity index (χ1v) is 12.8. The molecule has 4 rings (SSSR count). The summed E-state index contributed by atoms with van der Waals surface area (Å²) >= 11 is 0. The Kier molecular flexibility index (Phi) is 9.18. The van der Waals surface area contributed by atoms with E-state index in [1.807, 2.05) is 19.1 Å². The van der Waals surface area contributed by atoms with Crippen LogP contribution in [0.2, 0.25) is 0 Å². The molecule has 2 N–H and O–H groups in total. The number of anilines is 1. The molecule has 2 aliphatic heterocycles. The van der Waals surface area contributed by atoms with Crippen molar-refractivity contribution in [2.24, 2.45) is 0 Å². The second kappa shape index (κ2) is 12.9. The van der Waals surface area contributed by atoms with Gasteiger partial charge in [0.1, 0.15) is 23.1 Å². The highest BCUT2D eigenvalue weighted by Gasteiger charge is 2.48. The van der Waals surface area contributed by atoms with E-state index in [1.54, 1.807) is 55.8 Å². The van der Waals surface area contributed by atoms with Gasteiger partial charge in [0.25, 0.3) is 5.91 Å². The number of hydrogen-bond acceptors (Lipinski definition) is 8. The molecule has 0 radical (unpaired) electrons. The maximum Gasteiger partial charge on any atom is 0.322 e. The minimum absolute atomic E-state index is 0.102. The van der Waals surface area contributed by atoms with Gasteiger partial charge in [-0.25, -0.2) is 9.78 Å². The fraction of sp³-hybridized carbons (Fsp3) is 0.310. The number of benzene rings is 1. The molecule has 2 aliphatic rings. The van der Waals surface area contributed by atoms with Crippen LogP contribution in [-0.4, -0.2) is 74.7 Å². The van der Waals surface area contributed by atoms with Crippen LogP contribution in [0.1, 0.15) is 12.5 Å². The number of nitrogens with one attached hydrogen (secondary N) is 2. The molecular weight excluding hydrogens is 514 g/mol. The summed E-state index contributed by atoms with van der Waals surface area (Å²) < 4.78 is 16.5. The lowest BCUT2D eigenvalue weighted by Crippen LogP contribution is -2.52. The molecule has 0 bridgehead atoms. The molecule has 0 aliphatic carbocycles. The summed E-state index contributed by atoms with van der Waals surface area (Å²) in [5.41, 5.74) is -0.379. The van der Waals surface area contributed by atoms with Crippen molar-refractivity contribution in [1.82, 2.24) is 20.5 Å². The van der Waals surface area contributed by atoms with Crippen molar-refractivity contribution in [3.63, 3.8) is 0 Å². The number of morpholine rings is 1. The third kappa shape index (κ3) is 6.67. The number of urea groups is 1. The standard InChI is InChI=1S/C29H33N5O6/c1-4-23(38-3)8-5-21(2)18-33(20-35)19-29(27(36)31-28(37)32-29)22-6-9-24(10-7-22)40-25-11-12-26(30-17-25)34-13-15-39-16-14-34/h4-12,17,20H,2,13-16,18-19H2,1,3H3,(H2,31,32,36,37)/b8-5-,23-4+/t29-/m0/s1. The van der Waals surface area contributed by atoms with Gasteiger partial charge in [0.2, 0.25) is 6.41 Å². The Balaban J connectivity index is 1.47. The zero-order valence-electron chi connectivity index (χ0n) is 22.6. The SMILES string of the molecule is C=C(/C=C\C(=C/C)OC)CN(C=O)C[C@@]1(c2ccc(Oc3ccc(N4CCOCC4)nc3)cc2)NC(=O)NC1=O. The molecule has 1 aromatic carbocycles. The van der Waals surface area contributed by atoms with Crippen LogP contribution >= 0.6 is 0 Å². The molecule has 11 nitrogen and oxygen atoms in total. The van der Waals surface area contributed by atoms with Gasteiger partial charge >= 0.3 is 6.03 Å². The van der Waals surface area contributed by atoms with E-state index >= 15 is 0 Å². The van der Waals surface area contributed by atoms with Crippen LogP contribution < -0.4 is 20.3 Å². The zero-order valence-corrected chi connectivity index (χ0v) is 22.6. The van der Waals surface area contributed by atoms with Crippen LogP contribution in [0, 0.1) is 0 Å². The Bertz CT molecular complexity index is 1280. The molecule has 2 fully saturated rings. The predicted molar refractivity (Wildman–Crippen MR) is 149 cm³/mol. The number of amides is 4. The molecule has 3 heterocycles. The van der Waals surface area contributed by atoms with E-state index in [1.165, 1.54) is 4.90 Å². The molecule has 2 saturated heterocycles. The number of methoxy groups -OCH3 is 1.